The molecule has 0 bridgehead atoms. The highest BCUT2D eigenvalue weighted by Crippen LogP contribution is 2.25. The average molecular weight is 327 g/mol. The Kier molecular flexibility index (Phi) is 4.96. The Balaban J connectivity index is 2.11. The number of hydrogen-bond acceptors (Lipinski definition) is 3. The lowest BCUT2D eigenvalue weighted by Gasteiger charge is -2.33. The molecule has 1 aliphatic heterocycles. The van der Waals surface area contributed by atoms with Crippen LogP contribution in [0.25, 0.3) is 0 Å². The van der Waals surface area contributed by atoms with Crippen molar-refractivity contribution in [3.63, 3.8) is 0 Å². The molecule has 5 heteroatoms. The van der Waals surface area contributed by atoms with Gasteiger partial charge in [0.15, 0.2) is 0 Å². The van der Waals surface area contributed by atoms with Crippen molar-refractivity contribution in [3.05, 3.63) is 28.2 Å². The van der Waals surface area contributed by atoms with Gasteiger partial charge in [0.05, 0.1) is 12.6 Å². The van der Waals surface area contributed by atoms with E-state index in [4.69, 9.17) is 4.74 Å². The number of carbonyl (C=O) groups excluding carboxylic acids is 1. The number of ether oxygens (including phenoxy) is 1. The predicted octanol–water partition coefficient (Wildman–Crippen LogP) is 2.10. The molecule has 1 aliphatic rings. The summed E-state index contributed by atoms with van der Waals surface area (Å²) in [6.45, 7) is 3.72. The van der Waals surface area contributed by atoms with Crippen LogP contribution in [-0.2, 0) is 9.53 Å². The van der Waals surface area contributed by atoms with Gasteiger partial charge in [0, 0.05) is 10.2 Å². The highest BCUT2D eigenvalue weighted by Gasteiger charge is 2.27. The monoisotopic (exact) mass is 326 g/mol. The number of aryl methyl sites for hydroxylation is 1. The molecule has 0 radical (unpaired) electrons. The van der Waals surface area contributed by atoms with Gasteiger partial charge in [-0.05, 0) is 50.7 Å². The van der Waals surface area contributed by atoms with Gasteiger partial charge >= 0.3 is 0 Å². The molecule has 1 fully saturated rings. The van der Waals surface area contributed by atoms with Gasteiger partial charge in [-0.25, -0.2) is 0 Å². The maximum Gasteiger partial charge on any atom is 0.253 e. The number of benzene rings is 1. The van der Waals surface area contributed by atoms with Crippen molar-refractivity contribution in [2.24, 2.45) is 0 Å². The van der Waals surface area contributed by atoms with E-state index < -0.39 is 0 Å². The number of morpholine rings is 1. The van der Waals surface area contributed by atoms with Gasteiger partial charge in [-0.2, -0.15) is 0 Å². The number of halogens is 1. The molecule has 2 rings (SSSR count). The van der Waals surface area contributed by atoms with Crippen molar-refractivity contribution < 1.29 is 9.53 Å². The van der Waals surface area contributed by atoms with Crippen molar-refractivity contribution in [1.82, 2.24) is 5.32 Å². The molecular formula is C14H19BrN2O2. The number of nitrogens with zero attached hydrogens (tertiary/aromatic N) is 1. The maximum absolute atomic E-state index is 12.0. The lowest BCUT2D eigenvalue weighted by Crippen LogP contribution is -2.47. The number of carbonyl (C=O) groups is 1. The van der Waals surface area contributed by atoms with Crippen molar-refractivity contribution in [2.45, 2.75) is 19.4 Å². The highest BCUT2D eigenvalue weighted by atomic mass is 79.9. The first kappa shape index (κ1) is 14.5. The van der Waals surface area contributed by atoms with Gasteiger partial charge in [0.1, 0.15) is 6.61 Å². The fourth-order valence-corrected chi connectivity index (χ4v) is 2.40. The minimum Gasteiger partial charge on any atom is -0.366 e. The Morgan fingerprint density at radius 3 is 3.00 bits per heavy atom. The van der Waals surface area contributed by atoms with E-state index in [0.29, 0.717) is 6.54 Å². The SMILES string of the molecule is CNCCC1CN(c2ccc(Br)c(C)c2)C(=O)CO1. The topological polar surface area (TPSA) is 41.6 Å². The number of amides is 1. The molecule has 1 amide bonds. The largest absolute Gasteiger partial charge is 0.366 e. The fourth-order valence-electron chi connectivity index (χ4n) is 2.15. The zero-order valence-corrected chi connectivity index (χ0v) is 12.9. The summed E-state index contributed by atoms with van der Waals surface area (Å²) in [5, 5.41) is 3.11. The number of nitrogens with one attached hydrogen (secondary N) is 1. The summed E-state index contributed by atoms with van der Waals surface area (Å²) in [7, 11) is 1.92. The Morgan fingerprint density at radius 1 is 1.53 bits per heavy atom. The minimum atomic E-state index is 0.0300. The third-order valence-corrected chi connectivity index (χ3v) is 4.19. The summed E-state index contributed by atoms with van der Waals surface area (Å²) < 4.78 is 6.62. The summed E-state index contributed by atoms with van der Waals surface area (Å²) >= 11 is 3.48. The molecule has 1 saturated heterocycles. The van der Waals surface area contributed by atoms with E-state index in [1.165, 1.54) is 0 Å². The Labute approximate surface area is 122 Å². The normalized spacial score (nSPS) is 19.8. The zero-order valence-electron chi connectivity index (χ0n) is 11.3. The molecule has 0 saturated carbocycles. The Bertz CT molecular complexity index is 465. The second-order valence-corrected chi connectivity index (χ2v) is 5.62. The van der Waals surface area contributed by atoms with Gasteiger partial charge in [-0.3, -0.25) is 4.79 Å². The van der Waals surface area contributed by atoms with Crippen LogP contribution in [0.3, 0.4) is 0 Å². The van der Waals surface area contributed by atoms with E-state index in [-0.39, 0.29) is 18.6 Å². The second-order valence-electron chi connectivity index (χ2n) is 4.76. The fraction of sp³-hybridized carbons (Fsp3) is 0.500. The first-order valence-corrected chi connectivity index (χ1v) is 7.24. The number of rotatable bonds is 4. The number of anilines is 1. The molecule has 1 aromatic carbocycles. The van der Waals surface area contributed by atoms with Crippen LogP contribution in [0.2, 0.25) is 0 Å². The summed E-state index contributed by atoms with van der Waals surface area (Å²) in [5.41, 5.74) is 2.08. The quantitative estimate of drug-likeness (QED) is 0.921. The van der Waals surface area contributed by atoms with Crippen LogP contribution >= 0.6 is 15.9 Å². The first-order chi connectivity index (χ1) is 9.11. The van der Waals surface area contributed by atoms with Crippen molar-refractivity contribution in [2.75, 3.05) is 31.6 Å². The van der Waals surface area contributed by atoms with Crippen molar-refractivity contribution >= 4 is 27.5 Å². The maximum atomic E-state index is 12.0. The van der Waals surface area contributed by atoms with Crippen LogP contribution in [0.5, 0.6) is 0 Å². The standard InChI is InChI=1S/C14H19BrN2O2/c1-10-7-11(3-4-13(10)15)17-8-12(5-6-16-2)19-9-14(17)18/h3-4,7,12,16H,5-6,8-9H2,1-2H3. The first-order valence-electron chi connectivity index (χ1n) is 6.44. The van der Waals surface area contributed by atoms with Gasteiger partial charge in [-0.1, -0.05) is 15.9 Å². The molecule has 1 heterocycles. The summed E-state index contributed by atoms with van der Waals surface area (Å²) in [5.74, 6) is 0.0300. The van der Waals surface area contributed by atoms with E-state index >= 15 is 0 Å². The van der Waals surface area contributed by atoms with Gasteiger partial charge in [-0.15, -0.1) is 0 Å². The van der Waals surface area contributed by atoms with Crippen LogP contribution in [0.4, 0.5) is 5.69 Å². The van der Waals surface area contributed by atoms with Crippen LogP contribution in [0.1, 0.15) is 12.0 Å². The van der Waals surface area contributed by atoms with E-state index in [9.17, 15) is 4.79 Å². The molecule has 1 atom stereocenters. The summed E-state index contributed by atoms with van der Waals surface area (Å²) in [6, 6.07) is 5.98. The number of hydrogen-bond donors (Lipinski definition) is 1. The molecule has 1 aromatic rings. The smallest absolute Gasteiger partial charge is 0.253 e. The molecule has 0 aromatic heterocycles. The Morgan fingerprint density at radius 2 is 2.32 bits per heavy atom. The molecule has 1 N–H and O–H groups in total. The van der Waals surface area contributed by atoms with Crippen LogP contribution in [0.15, 0.2) is 22.7 Å². The molecule has 4 nitrogen and oxygen atoms in total. The lowest BCUT2D eigenvalue weighted by molar-refractivity contribution is -0.129. The third kappa shape index (κ3) is 3.55. The lowest BCUT2D eigenvalue weighted by atomic mass is 10.1. The molecule has 19 heavy (non-hydrogen) atoms. The summed E-state index contributed by atoms with van der Waals surface area (Å²) in [4.78, 5) is 13.8. The van der Waals surface area contributed by atoms with E-state index in [0.717, 1.165) is 28.7 Å². The van der Waals surface area contributed by atoms with Crippen LogP contribution < -0.4 is 10.2 Å². The van der Waals surface area contributed by atoms with E-state index in [2.05, 4.69) is 21.2 Å². The van der Waals surface area contributed by atoms with Crippen LogP contribution in [-0.4, -0.2) is 38.8 Å². The average Bonchev–Trinajstić information content (AvgIpc) is 2.41. The van der Waals surface area contributed by atoms with Gasteiger partial charge in [0.2, 0.25) is 0 Å². The minimum absolute atomic E-state index is 0.0300. The van der Waals surface area contributed by atoms with Crippen molar-refractivity contribution in [1.29, 1.82) is 0 Å². The molecular weight excluding hydrogens is 308 g/mol. The van der Waals surface area contributed by atoms with E-state index in [1.807, 2.05) is 37.1 Å². The molecule has 1 unspecified atom stereocenters. The third-order valence-electron chi connectivity index (χ3n) is 3.30. The molecule has 0 spiro atoms. The van der Waals surface area contributed by atoms with Gasteiger partial charge < -0.3 is 15.0 Å². The van der Waals surface area contributed by atoms with Gasteiger partial charge in [0.25, 0.3) is 5.91 Å². The summed E-state index contributed by atoms with van der Waals surface area (Å²) in [6.07, 6.45) is 1.02. The molecule has 104 valence electrons. The predicted molar refractivity (Wildman–Crippen MR) is 79.5 cm³/mol. The van der Waals surface area contributed by atoms with Crippen molar-refractivity contribution in [3.8, 4) is 0 Å². The second kappa shape index (κ2) is 6.50. The van der Waals surface area contributed by atoms with E-state index in [1.54, 1.807) is 0 Å². The molecule has 0 aliphatic carbocycles. The Hall–Kier alpha value is -0.910. The van der Waals surface area contributed by atoms with Crippen LogP contribution in [0, 0.1) is 6.92 Å². The highest BCUT2D eigenvalue weighted by molar-refractivity contribution is 9.10. The zero-order chi connectivity index (χ0) is 13.8.